The van der Waals surface area contributed by atoms with Crippen LogP contribution in [0, 0.1) is 5.92 Å². The molecule has 0 saturated heterocycles. The number of alkyl halides is 1. The molecule has 1 heterocycles. The second-order valence-corrected chi connectivity index (χ2v) is 6.00. The maximum atomic E-state index is 13.2. The van der Waals surface area contributed by atoms with Crippen molar-refractivity contribution in [1.82, 2.24) is 10.3 Å². The van der Waals surface area contributed by atoms with E-state index in [-0.39, 0.29) is 17.4 Å². The number of H-pyrrole nitrogens is 1. The van der Waals surface area contributed by atoms with E-state index in [1.807, 2.05) is 30.3 Å². The van der Waals surface area contributed by atoms with Gasteiger partial charge in [-0.25, -0.2) is 4.39 Å². The van der Waals surface area contributed by atoms with E-state index in [0.29, 0.717) is 30.6 Å². The topological polar surface area (TPSA) is 62.0 Å². The summed E-state index contributed by atoms with van der Waals surface area (Å²) in [4.78, 5) is 26.8. The van der Waals surface area contributed by atoms with Gasteiger partial charge in [0.25, 0.3) is 5.91 Å². The molecule has 1 saturated carbocycles. The third-order valence-electron chi connectivity index (χ3n) is 4.22. The van der Waals surface area contributed by atoms with E-state index in [1.165, 1.54) is 6.07 Å². The van der Waals surface area contributed by atoms with Gasteiger partial charge in [-0.3, -0.25) is 9.59 Å². The molecule has 23 heavy (non-hydrogen) atoms. The van der Waals surface area contributed by atoms with Gasteiger partial charge in [-0.2, -0.15) is 0 Å². The quantitative estimate of drug-likeness (QED) is 0.911. The third kappa shape index (κ3) is 3.86. The summed E-state index contributed by atoms with van der Waals surface area (Å²) < 4.78 is 13.2. The second-order valence-electron chi connectivity index (χ2n) is 6.00. The summed E-state index contributed by atoms with van der Waals surface area (Å²) in [5.41, 5.74) is 1.45. The van der Waals surface area contributed by atoms with E-state index in [2.05, 4.69) is 10.3 Å². The van der Waals surface area contributed by atoms with E-state index >= 15 is 0 Å². The lowest BCUT2D eigenvalue weighted by Gasteiger charge is -2.11. The predicted octanol–water partition coefficient (Wildman–Crippen LogP) is 2.91. The summed E-state index contributed by atoms with van der Waals surface area (Å²) in [6, 6.07) is 12.3. The highest BCUT2D eigenvalue weighted by molar-refractivity contribution is 5.95. The molecular formula is C18H19FN2O2. The van der Waals surface area contributed by atoms with Crippen LogP contribution in [0.15, 0.2) is 47.3 Å². The van der Waals surface area contributed by atoms with Crippen molar-refractivity contribution in [2.24, 2.45) is 5.92 Å². The number of rotatable bonds is 4. The minimum absolute atomic E-state index is 0.185. The summed E-state index contributed by atoms with van der Waals surface area (Å²) >= 11 is 0. The van der Waals surface area contributed by atoms with E-state index < -0.39 is 6.17 Å². The van der Waals surface area contributed by atoms with Crippen molar-refractivity contribution in [2.45, 2.75) is 25.4 Å². The molecule has 2 N–H and O–H groups in total. The van der Waals surface area contributed by atoms with Crippen molar-refractivity contribution in [3.05, 3.63) is 58.4 Å². The van der Waals surface area contributed by atoms with Gasteiger partial charge in [0.15, 0.2) is 0 Å². The molecule has 1 aromatic carbocycles. The molecule has 0 spiro atoms. The summed E-state index contributed by atoms with van der Waals surface area (Å²) in [6.45, 7) is 0.451. The van der Waals surface area contributed by atoms with Crippen LogP contribution in [-0.2, 0) is 0 Å². The molecule has 2 aromatic rings. The Labute approximate surface area is 133 Å². The molecule has 3 rings (SSSR count). The number of benzene rings is 1. The summed E-state index contributed by atoms with van der Waals surface area (Å²) in [5, 5.41) is 2.81. The van der Waals surface area contributed by atoms with Crippen LogP contribution in [0.2, 0.25) is 0 Å². The van der Waals surface area contributed by atoms with Crippen LogP contribution >= 0.6 is 0 Å². The predicted molar refractivity (Wildman–Crippen MR) is 87.1 cm³/mol. The van der Waals surface area contributed by atoms with E-state index in [9.17, 15) is 14.0 Å². The Morgan fingerprint density at radius 3 is 2.70 bits per heavy atom. The van der Waals surface area contributed by atoms with Gasteiger partial charge in [-0.05, 0) is 36.8 Å². The van der Waals surface area contributed by atoms with Crippen LogP contribution in [0.1, 0.15) is 29.6 Å². The first-order chi connectivity index (χ1) is 11.1. The van der Waals surface area contributed by atoms with Crippen molar-refractivity contribution in [3.8, 4) is 11.3 Å². The van der Waals surface area contributed by atoms with Crippen LogP contribution in [0.3, 0.4) is 0 Å². The molecule has 4 nitrogen and oxygen atoms in total. The Balaban J connectivity index is 1.73. The molecule has 2 unspecified atom stereocenters. The third-order valence-corrected chi connectivity index (χ3v) is 4.22. The van der Waals surface area contributed by atoms with Crippen molar-refractivity contribution >= 4 is 5.91 Å². The zero-order chi connectivity index (χ0) is 16.2. The Hall–Kier alpha value is -2.43. The molecule has 120 valence electrons. The van der Waals surface area contributed by atoms with Crippen molar-refractivity contribution in [3.63, 3.8) is 0 Å². The highest BCUT2D eigenvalue weighted by Gasteiger charge is 2.24. The van der Waals surface area contributed by atoms with Crippen molar-refractivity contribution < 1.29 is 9.18 Å². The fourth-order valence-electron chi connectivity index (χ4n) is 2.99. The zero-order valence-electron chi connectivity index (χ0n) is 12.7. The lowest BCUT2D eigenvalue weighted by atomic mass is 10.1. The first-order valence-corrected chi connectivity index (χ1v) is 7.84. The van der Waals surface area contributed by atoms with Gasteiger partial charge in [0, 0.05) is 23.9 Å². The molecule has 2 atom stereocenters. The summed E-state index contributed by atoms with van der Waals surface area (Å²) in [7, 11) is 0. The van der Waals surface area contributed by atoms with Gasteiger partial charge >= 0.3 is 0 Å². The van der Waals surface area contributed by atoms with E-state index in [4.69, 9.17) is 0 Å². The SMILES string of the molecule is O=C(NCC1CCC(F)C1)c1cc(-c2ccccc2)[nH]c(=O)c1. The zero-order valence-corrected chi connectivity index (χ0v) is 12.7. The van der Waals surface area contributed by atoms with Crippen LogP contribution in [0.4, 0.5) is 4.39 Å². The minimum atomic E-state index is -0.749. The smallest absolute Gasteiger partial charge is 0.251 e. The fourth-order valence-corrected chi connectivity index (χ4v) is 2.99. The molecule has 0 bridgehead atoms. The number of hydrogen-bond acceptors (Lipinski definition) is 2. The van der Waals surface area contributed by atoms with Crippen molar-refractivity contribution in [1.29, 1.82) is 0 Å². The Kier molecular flexibility index (Phi) is 4.55. The molecule has 1 aromatic heterocycles. The largest absolute Gasteiger partial charge is 0.352 e. The van der Waals surface area contributed by atoms with E-state index in [1.54, 1.807) is 6.07 Å². The highest BCUT2D eigenvalue weighted by atomic mass is 19.1. The average molecular weight is 314 g/mol. The number of pyridine rings is 1. The number of aromatic nitrogens is 1. The fraction of sp³-hybridized carbons (Fsp3) is 0.333. The lowest BCUT2D eigenvalue weighted by molar-refractivity contribution is 0.0946. The monoisotopic (exact) mass is 314 g/mol. The standard InChI is InChI=1S/C18H19FN2O2/c19-15-7-6-12(8-15)11-20-18(23)14-9-16(21-17(22)10-14)13-4-2-1-3-5-13/h1-5,9-10,12,15H,6-8,11H2,(H,20,23)(H,21,22). The lowest BCUT2D eigenvalue weighted by Crippen LogP contribution is -2.29. The van der Waals surface area contributed by atoms with Gasteiger partial charge in [0.05, 0.1) is 0 Å². The second kappa shape index (κ2) is 6.77. The number of hydrogen-bond donors (Lipinski definition) is 2. The van der Waals surface area contributed by atoms with Crippen LogP contribution in [-0.4, -0.2) is 23.6 Å². The van der Waals surface area contributed by atoms with Gasteiger partial charge in [-0.1, -0.05) is 30.3 Å². The normalized spacial score (nSPS) is 20.4. The number of nitrogens with one attached hydrogen (secondary N) is 2. The molecule has 5 heteroatoms. The molecular weight excluding hydrogens is 295 g/mol. The molecule has 1 fully saturated rings. The molecule has 0 aliphatic heterocycles. The maximum Gasteiger partial charge on any atom is 0.251 e. The summed E-state index contributed by atoms with van der Waals surface area (Å²) in [5.74, 6) is -0.111. The van der Waals surface area contributed by atoms with Gasteiger partial charge < -0.3 is 10.3 Å². The van der Waals surface area contributed by atoms with Crippen LogP contribution in [0.5, 0.6) is 0 Å². The molecule has 1 amide bonds. The number of aromatic amines is 1. The highest BCUT2D eigenvalue weighted by Crippen LogP contribution is 2.27. The first-order valence-electron chi connectivity index (χ1n) is 7.84. The number of carbonyl (C=O) groups is 1. The molecule has 1 aliphatic carbocycles. The minimum Gasteiger partial charge on any atom is -0.352 e. The number of halogens is 1. The van der Waals surface area contributed by atoms with Gasteiger partial charge in [-0.15, -0.1) is 0 Å². The molecule has 1 aliphatic rings. The Morgan fingerprint density at radius 1 is 1.22 bits per heavy atom. The first kappa shape index (κ1) is 15.5. The number of carbonyl (C=O) groups excluding carboxylic acids is 1. The van der Waals surface area contributed by atoms with E-state index in [0.717, 1.165) is 12.0 Å². The van der Waals surface area contributed by atoms with Gasteiger partial charge in [0.2, 0.25) is 5.56 Å². The summed E-state index contributed by atoms with van der Waals surface area (Å²) in [6.07, 6.45) is 1.13. The Bertz CT molecular complexity index is 742. The maximum absolute atomic E-state index is 13.2. The van der Waals surface area contributed by atoms with Crippen LogP contribution < -0.4 is 10.9 Å². The average Bonchev–Trinajstić information content (AvgIpc) is 2.98. The number of amides is 1. The van der Waals surface area contributed by atoms with Crippen LogP contribution in [0.25, 0.3) is 11.3 Å². The van der Waals surface area contributed by atoms with Crippen molar-refractivity contribution in [2.75, 3.05) is 6.54 Å². The molecule has 0 radical (unpaired) electrons. The Morgan fingerprint density at radius 2 is 2.00 bits per heavy atom. The van der Waals surface area contributed by atoms with Gasteiger partial charge in [0.1, 0.15) is 6.17 Å².